The summed E-state index contributed by atoms with van der Waals surface area (Å²) in [6.45, 7) is 0.229. The largest absolute Gasteiger partial charge is 0.445 e. The summed E-state index contributed by atoms with van der Waals surface area (Å²) in [6.07, 6.45) is 1.00. The maximum absolute atomic E-state index is 8.43. The molecule has 33 heavy (non-hydrogen) atoms. The second-order valence-corrected chi connectivity index (χ2v) is 9.48. The third kappa shape index (κ3) is 4.28. The Hall–Kier alpha value is -3.11. The van der Waals surface area contributed by atoms with Crippen molar-refractivity contribution in [3.8, 4) is 5.75 Å². The molecule has 2 aromatic carbocycles. The fraction of sp³-hybridized carbons (Fsp3) is 0.238. The van der Waals surface area contributed by atoms with E-state index >= 15 is 0 Å². The number of nitrogen functional groups attached to an aromatic ring is 1. The van der Waals surface area contributed by atoms with Crippen molar-refractivity contribution < 1.29 is 13.8 Å². The molecule has 3 heterocycles. The van der Waals surface area contributed by atoms with Crippen molar-refractivity contribution in [3.63, 3.8) is 0 Å². The fourth-order valence-electron chi connectivity index (χ4n) is 3.83. The Balaban J connectivity index is 1.26. The van der Waals surface area contributed by atoms with Crippen LogP contribution in [0.3, 0.4) is 0 Å². The van der Waals surface area contributed by atoms with Gasteiger partial charge in [0.15, 0.2) is 23.2 Å². The molecule has 0 spiro atoms. The highest BCUT2D eigenvalue weighted by molar-refractivity contribution is 8.00. The predicted molar refractivity (Wildman–Crippen MR) is 132 cm³/mol. The van der Waals surface area contributed by atoms with Crippen LogP contribution in [0.25, 0.3) is 21.9 Å². The average molecular weight is 483 g/mol. The van der Waals surface area contributed by atoms with Crippen LogP contribution in [-0.2, 0) is 21.1 Å². The molecular formula is C21H22N7O3PS. The number of fused-ring (bicyclic) bond motifs is 2. The van der Waals surface area contributed by atoms with Gasteiger partial charge in [-0.05, 0) is 23.3 Å². The Morgan fingerprint density at radius 1 is 1.27 bits per heavy atom. The normalized spacial score (nSPS) is 19.2. The molecule has 3 atom stereocenters. The molecular weight excluding hydrogens is 461 g/mol. The van der Waals surface area contributed by atoms with E-state index in [0.717, 1.165) is 10.8 Å². The van der Waals surface area contributed by atoms with Crippen LogP contribution < -0.4 is 15.6 Å². The lowest BCUT2D eigenvalue weighted by atomic mass is 10.1. The average Bonchev–Trinajstić information content (AvgIpc) is 3.40. The molecule has 170 valence electrons. The maximum Gasteiger partial charge on any atom is 0.225 e. The van der Waals surface area contributed by atoms with Gasteiger partial charge < -0.3 is 30.2 Å². The molecule has 0 aliphatic carbocycles. The molecule has 4 aromatic rings. The zero-order valence-corrected chi connectivity index (χ0v) is 19.5. The topological polar surface area (TPSA) is 133 Å². The highest BCUT2D eigenvalue weighted by Gasteiger charge is 2.33. The molecule has 4 N–H and O–H groups in total. The van der Waals surface area contributed by atoms with E-state index in [2.05, 4.69) is 20.3 Å². The van der Waals surface area contributed by atoms with Crippen LogP contribution in [0, 0.1) is 5.41 Å². The van der Waals surface area contributed by atoms with Gasteiger partial charge >= 0.3 is 0 Å². The van der Waals surface area contributed by atoms with E-state index in [1.165, 1.54) is 0 Å². The molecule has 1 fully saturated rings. The van der Waals surface area contributed by atoms with E-state index in [0.29, 0.717) is 34.9 Å². The van der Waals surface area contributed by atoms with Crippen LogP contribution in [0.1, 0.15) is 12.6 Å². The molecule has 0 bridgehead atoms. The molecule has 1 aliphatic rings. The van der Waals surface area contributed by atoms with Gasteiger partial charge in [-0.1, -0.05) is 36.4 Å². The van der Waals surface area contributed by atoms with E-state index in [9.17, 15) is 0 Å². The summed E-state index contributed by atoms with van der Waals surface area (Å²) in [5.41, 5.74) is 7.27. The van der Waals surface area contributed by atoms with E-state index in [4.69, 9.17) is 36.7 Å². The van der Waals surface area contributed by atoms with E-state index < -0.39 is 13.4 Å². The van der Waals surface area contributed by atoms with Crippen LogP contribution in [0.15, 0.2) is 48.8 Å². The lowest BCUT2D eigenvalue weighted by Gasteiger charge is -2.16. The Labute approximate surface area is 195 Å². The molecule has 1 saturated heterocycles. The minimum atomic E-state index is -1.99. The molecule has 0 saturated carbocycles. The van der Waals surface area contributed by atoms with Crippen LogP contribution in [0.4, 0.5) is 11.8 Å². The second-order valence-electron chi connectivity index (χ2n) is 7.48. The van der Waals surface area contributed by atoms with Crippen molar-refractivity contribution in [1.82, 2.24) is 19.5 Å². The zero-order chi connectivity index (χ0) is 22.9. The summed E-state index contributed by atoms with van der Waals surface area (Å²) >= 11 is 5.46. The van der Waals surface area contributed by atoms with Gasteiger partial charge in [0.25, 0.3) is 0 Å². The second kappa shape index (κ2) is 9.03. The zero-order valence-electron chi connectivity index (χ0n) is 17.7. The summed E-state index contributed by atoms with van der Waals surface area (Å²) in [7, 11) is -0.255. The molecule has 0 radical (unpaired) electrons. The van der Waals surface area contributed by atoms with Crippen LogP contribution in [0.2, 0.25) is 0 Å². The van der Waals surface area contributed by atoms with E-state index in [-0.39, 0.29) is 18.7 Å². The molecule has 5 rings (SSSR count). The highest BCUT2D eigenvalue weighted by atomic mass is 32.4. The number of nitrogens with one attached hydrogen (secondary N) is 2. The maximum atomic E-state index is 8.43. The number of anilines is 2. The number of rotatable bonds is 7. The molecule has 0 amide bonds. The predicted octanol–water partition coefficient (Wildman–Crippen LogP) is 3.51. The van der Waals surface area contributed by atoms with Crippen molar-refractivity contribution in [2.45, 2.75) is 18.8 Å². The molecule has 1 unspecified atom stereocenters. The van der Waals surface area contributed by atoms with E-state index in [1.807, 2.05) is 42.5 Å². The number of nitrogens with two attached hydrogens (primary N) is 1. The number of imidazole rings is 1. The van der Waals surface area contributed by atoms with Crippen molar-refractivity contribution in [1.29, 1.82) is 5.41 Å². The van der Waals surface area contributed by atoms with Crippen molar-refractivity contribution in [2.75, 3.05) is 24.7 Å². The van der Waals surface area contributed by atoms with Gasteiger partial charge in [-0.15, -0.1) is 0 Å². The Kier molecular flexibility index (Phi) is 5.94. The fourth-order valence-corrected chi connectivity index (χ4v) is 5.05. The summed E-state index contributed by atoms with van der Waals surface area (Å²) in [6, 6.07) is 13.8. The first-order valence-electron chi connectivity index (χ1n) is 10.3. The number of benzene rings is 2. The smallest absolute Gasteiger partial charge is 0.225 e. The van der Waals surface area contributed by atoms with Gasteiger partial charge in [-0.2, -0.15) is 9.97 Å². The van der Waals surface area contributed by atoms with Gasteiger partial charge in [-0.3, -0.25) is 4.57 Å². The lowest BCUT2D eigenvalue weighted by molar-refractivity contribution is -0.00146. The minimum absolute atomic E-state index is 0.113. The summed E-state index contributed by atoms with van der Waals surface area (Å²) in [5, 5.41) is 13.4. The van der Waals surface area contributed by atoms with Gasteiger partial charge in [-0.25, -0.2) is 4.98 Å². The third-order valence-corrected chi connectivity index (χ3v) is 6.72. The molecule has 12 heteroatoms. The van der Waals surface area contributed by atoms with Crippen LogP contribution >= 0.6 is 7.15 Å². The third-order valence-electron chi connectivity index (χ3n) is 5.33. The van der Waals surface area contributed by atoms with Crippen LogP contribution in [0.5, 0.6) is 5.75 Å². The number of aromatic nitrogens is 4. The summed E-state index contributed by atoms with van der Waals surface area (Å²) < 4.78 is 19.5. The minimum Gasteiger partial charge on any atom is -0.445 e. The van der Waals surface area contributed by atoms with Gasteiger partial charge in [0.1, 0.15) is 5.75 Å². The number of ether oxygens (including phenoxy) is 1. The van der Waals surface area contributed by atoms with Gasteiger partial charge in [0.2, 0.25) is 13.1 Å². The summed E-state index contributed by atoms with van der Waals surface area (Å²) in [5.74, 6) is 1.34. The Morgan fingerprint density at radius 2 is 2.09 bits per heavy atom. The monoisotopic (exact) mass is 483 g/mol. The first kappa shape index (κ1) is 21.7. The molecule has 2 aromatic heterocycles. The lowest BCUT2D eigenvalue weighted by Crippen LogP contribution is -2.17. The van der Waals surface area contributed by atoms with Crippen molar-refractivity contribution in [3.05, 3.63) is 48.8 Å². The molecule has 1 aliphatic heterocycles. The number of hydrogen-bond acceptors (Lipinski definition) is 10. The number of nitrogens with zero attached hydrogens (tertiary/aromatic N) is 4. The van der Waals surface area contributed by atoms with Gasteiger partial charge in [0, 0.05) is 18.9 Å². The Bertz CT molecular complexity index is 1370. The van der Waals surface area contributed by atoms with Crippen molar-refractivity contribution >= 4 is 58.4 Å². The van der Waals surface area contributed by atoms with Crippen LogP contribution in [-0.4, -0.2) is 45.0 Å². The molecule has 10 nitrogen and oxygen atoms in total. The number of hydrogen-bond donors (Lipinski definition) is 3. The van der Waals surface area contributed by atoms with E-state index in [1.54, 1.807) is 17.9 Å². The van der Waals surface area contributed by atoms with Gasteiger partial charge in [0.05, 0.1) is 24.7 Å². The standard InChI is InChI=1S/C21H22N7O3PS/c1-24-18-17-19(27-21(23)26-18)28(11-25-17)20-15(22)9-13(30-20)10-29-32(33)31-16-8-4-6-12-5-2-3-7-14(12)16/h2-8,11,13,20,22,32H,9-10H2,1H3,(H3,23,24,26,27)/t13-,20+/m0/s1. The highest BCUT2D eigenvalue weighted by Crippen LogP contribution is 2.36. The van der Waals surface area contributed by atoms with Crippen molar-refractivity contribution in [2.24, 2.45) is 0 Å². The first-order chi connectivity index (χ1) is 16.0. The SMILES string of the molecule is CNc1nc(N)nc2c1ncn2[C@@H]1O[C@H](CO[PH](=S)Oc2cccc3ccccc23)CC1=N. The summed E-state index contributed by atoms with van der Waals surface area (Å²) in [4.78, 5) is 12.8. The quantitative estimate of drug-likeness (QED) is 0.338. The first-order valence-corrected chi connectivity index (χ1v) is 12.7. The Morgan fingerprint density at radius 3 is 2.94 bits per heavy atom.